The van der Waals surface area contributed by atoms with E-state index in [1.54, 1.807) is 0 Å². The van der Waals surface area contributed by atoms with Crippen LogP contribution in [0.3, 0.4) is 0 Å². The number of nitrogens with zero attached hydrogens (tertiary/aromatic N) is 2. The molecule has 88 heavy (non-hydrogen) atoms. The fourth-order valence-corrected chi connectivity index (χ4v) is 16.4. The van der Waals surface area contributed by atoms with Gasteiger partial charge in [0.05, 0.1) is 21.9 Å². The maximum absolute atomic E-state index is 2.51. The molecule has 14 aromatic carbocycles. The van der Waals surface area contributed by atoms with Crippen LogP contribution in [0.1, 0.15) is 44.5 Å². The van der Waals surface area contributed by atoms with Crippen LogP contribution in [0.2, 0.25) is 0 Å². The van der Waals surface area contributed by atoms with Crippen LogP contribution in [0.15, 0.2) is 328 Å². The Hall–Kier alpha value is -11.3. The van der Waals surface area contributed by atoms with E-state index in [0.29, 0.717) is 0 Å². The highest BCUT2D eigenvalue weighted by atomic mass is 15.1. The molecule has 0 aliphatic heterocycles. The minimum atomic E-state index is -0.464. The molecule has 2 heteroatoms. The zero-order valence-corrected chi connectivity index (χ0v) is 48.1. The third-order valence-electron chi connectivity index (χ3n) is 20.0. The molecule has 0 atom stereocenters. The van der Waals surface area contributed by atoms with Crippen molar-refractivity contribution in [1.29, 1.82) is 0 Å². The third-order valence-corrected chi connectivity index (χ3v) is 20.0. The summed E-state index contributed by atoms with van der Waals surface area (Å²) in [7, 11) is 0. The minimum absolute atomic E-state index is 0.447. The van der Waals surface area contributed by atoms with E-state index in [2.05, 4.69) is 337 Å². The van der Waals surface area contributed by atoms with Gasteiger partial charge in [-0.25, -0.2) is 0 Å². The number of hydrogen-bond acceptors (Lipinski definition) is 1. The van der Waals surface area contributed by atoms with E-state index in [-0.39, 0.29) is 0 Å². The van der Waals surface area contributed by atoms with Gasteiger partial charge in [-0.2, -0.15) is 0 Å². The van der Waals surface area contributed by atoms with Crippen molar-refractivity contribution in [2.45, 2.75) is 10.8 Å². The highest BCUT2D eigenvalue weighted by molar-refractivity contribution is 6.12. The lowest BCUT2D eigenvalue weighted by molar-refractivity contribution is 0.792. The lowest BCUT2D eigenvalue weighted by Crippen LogP contribution is -2.26. The van der Waals surface area contributed by atoms with Crippen molar-refractivity contribution in [2.24, 2.45) is 0 Å². The molecule has 0 unspecified atom stereocenters. The van der Waals surface area contributed by atoms with Crippen LogP contribution in [0.4, 0.5) is 17.1 Å². The molecule has 0 amide bonds. The number of rotatable bonds is 7. The van der Waals surface area contributed by atoms with Crippen LogP contribution in [-0.2, 0) is 10.8 Å². The lowest BCUT2D eigenvalue weighted by Gasteiger charge is -2.32. The average Bonchev–Trinajstić information content (AvgIpc) is 1.53. The van der Waals surface area contributed by atoms with E-state index in [0.717, 1.165) is 28.3 Å². The van der Waals surface area contributed by atoms with Crippen molar-refractivity contribution in [1.82, 2.24) is 4.57 Å². The van der Waals surface area contributed by atoms with Gasteiger partial charge in [0.2, 0.25) is 0 Å². The molecule has 0 N–H and O–H groups in total. The highest BCUT2D eigenvalue weighted by Gasteiger charge is 2.53. The van der Waals surface area contributed by atoms with Crippen LogP contribution in [0, 0.1) is 0 Å². The number of aromatic nitrogens is 1. The average molecular weight is 1120 g/mol. The summed E-state index contributed by atoms with van der Waals surface area (Å²) >= 11 is 0. The molecule has 15 aromatic rings. The monoisotopic (exact) mass is 1110 g/mol. The van der Waals surface area contributed by atoms with E-state index in [1.165, 1.54) is 139 Å². The number of benzene rings is 14. The largest absolute Gasteiger partial charge is 0.310 e. The van der Waals surface area contributed by atoms with E-state index < -0.39 is 10.8 Å². The summed E-state index contributed by atoms with van der Waals surface area (Å²) in [5.41, 5.74) is 34.1. The molecule has 4 aliphatic carbocycles. The second-order valence-electron chi connectivity index (χ2n) is 24.2. The first kappa shape index (κ1) is 49.0. The van der Waals surface area contributed by atoms with Crippen LogP contribution >= 0.6 is 0 Å². The van der Waals surface area contributed by atoms with E-state index in [1.807, 2.05) is 0 Å². The number of fused-ring (bicyclic) bond motifs is 23. The van der Waals surface area contributed by atoms with E-state index >= 15 is 0 Å². The Bertz CT molecular complexity index is 5250. The van der Waals surface area contributed by atoms with Gasteiger partial charge in [-0.15, -0.1) is 0 Å². The first-order chi connectivity index (χ1) is 43.6. The molecule has 1 heterocycles. The minimum Gasteiger partial charge on any atom is -0.310 e. The first-order valence-corrected chi connectivity index (χ1v) is 30.7. The Morgan fingerprint density at radius 1 is 0.205 bits per heavy atom. The van der Waals surface area contributed by atoms with Gasteiger partial charge < -0.3 is 9.47 Å². The standard InChI is InChI=1S/C86H54N2/c1-3-19-55(20-4-1)57-35-41-61(42-36-57)87(63-45-47-71-69-27-11-17-33-79(69)85(81(71)53-63)75-29-13-7-23-65(75)66-24-8-14-30-76(66)85)62-43-37-58(38-44-62)60-40-50-84-74(52-60)73-51-59(56-21-5-2-6-22-56)39-49-83(73)88(84)64-46-48-72-70-28-12-18-34-80(70)86(82(72)54-64)77-31-15-9-25-67(77)68-26-10-16-32-78(68)86/h1-54H. The van der Waals surface area contributed by atoms with Crippen LogP contribution in [0.5, 0.6) is 0 Å². The molecule has 0 saturated carbocycles. The fourth-order valence-electron chi connectivity index (χ4n) is 16.4. The summed E-state index contributed by atoms with van der Waals surface area (Å²) in [6.07, 6.45) is 0. The van der Waals surface area contributed by atoms with Crippen LogP contribution < -0.4 is 4.90 Å². The molecule has 2 nitrogen and oxygen atoms in total. The zero-order chi connectivity index (χ0) is 57.7. The van der Waals surface area contributed by atoms with Crippen molar-refractivity contribution in [2.75, 3.05) is 4.90 Å². The molecular formula is C86H54N2. The van der Waals surface area contributed by atoms with Crippen molar-refractivity contribution < 1.29 is 0 Å². The van der Waals surface area contributed by atoms with Gasteiger partial charge in [-0.3, -0.25) is 0 Å². The van der Waals surface area contributed by atoms with Gasteiger partial charge in [0, 0.05) is 33.5 Å². The predicted octanol–water partition coefficient (Wildman–Crippen LogP) is 21.9. The molecule has 0 radical (unpaired) electrons. The number of anilines is 3. The van der Waals surface area contributed by atoms with E-state index in [4.69, 9.17) is 0 Å². The molecule has 4 aliphatic rings. The molecular weight excluding hydrogens is 1060 g/mol. The van der Waals surface area contributed by atoms with E-state index in [9.17, 15) is 0 Å². The molecule has 19 rings (SSSR count). The quantitative estimate of drug-likeness (QED) is 0.154. The predicted molar refractivity (Wildman–Crippen MR) is 364 cm³/mol. The van der Waals surface area contributed by atoms with Crippen molar-refractivity contribution in [3.05, 3.63) is 372 Å². The lowest BCUT2D eigenvalue weighted by atomic mass is 9.70. The normalized spacial score (nSPS) is 13.6. The Labute approximate surface area is 511 Å². The second kappa shape index (κ2) is 18.6. The Balaban J connectivity index is 0.767. The Morgan fingerprint density at radius 2 is 0.500 bits per heavy atom. The summed E-state index contributed by atoms with van der Waals surface area (Å²) < 4.78 is 2.51. The van der Waals surface area contributed by atoms with Gasteiger partial charge in [-0.05, 0) is 195 Å². The maximum Gasteiger partial charge on any atom is 0.0726 e. The smallest absolute Gasteiger partial charge is 0.0726 e. The topological polar surface area (TPSA) is 8.17 Å². The van der Waals surface area contributed by atoms with Crippen LogP contribution in [0.25, 0.3) is 105 Å². The van der Waals surface area contributed by atoms with Crippen molar-refractivity contribution >= 4 is 38.9 Å². The van der Waals surface area contributed by atoms with Crippen molar-refractivity contribution in [3.8, 4) is 83.6 Å². The zero-order valence-electron chi connectivity index (χ0n) is 48.1. The summed E-state index contributed by atoms with van der Waals surface area (Å²) in [5, 5.41) is 2.44. The van der Waals surface area contributed by atoms with Gasteiger partial charge in [-0.1, -0.05) is 255 Å². The molecule has 0 bridgehead atoms. The molecule has 2 spiro atoms. The third kappa shape index (κ3) is 6.66. The Kier molecular flexibility index (Phi) is 10.3. The summed E-state index contributed by atoms with van der Waals surface area (Å²) in [5.74, 6) is 0. The molecule has 0 saturated heterocycles. The van der Waals surface area contributed by atoms with Crippen LogP contribution in [-0.4, -0.2) is 4.57 Å². The number of hydrogen-bond donors (Lipinski definition) is 0. The highest BCUT2D eigenvalue weighted by Crippen LogP contribution is 2.65. The fraction of sp³-hybridized carbons (Fsp3) is 0.0233. The van der Waals surface area contributed by atoms with Gasteiger partial charge >= 0.3 is 0 Å². The van der Waals surface area contributed by atoms with Crippen molar-refractivity contribution in [3.63, 3.8) is 0 Å². The molecule has 408 valence electrons. The Morgan fingerprint density at radius 3 is 0.909 bits per heavy atom. The summed E-state index contributed by atoms with van der Waals surface area (Å²) in [6.45, 7) is 0. The summed E-state index contributed by atoms with van der Waals surface area (Å²) in [6, 6.07) is 123. The maximum atomic E-state index is 2.51. The van der Waals surface area contributed by atoms with Gasteiger partial charge in [0.15, 0.2) is 0 Å². The molecule has 0 fully saturated rings. The second-order valence-corrected chi connectivity index (χ2v) is 24.2. The van der Waals surface area contributed by atoms with Gasteiger partial charge in [0.25, 0.3) is 0 Å². The first-order valence-electron chi connectivity index (χ1n) is 30.7. The van der Waals surface area contributed by atoms with Gasteiger partial charge in [0.1, 0.15) is 0 Å². The summed E-state index contributed by atoms with van der Waals surface area (Å²) in [4.78, 5) is 2.45. The molecule has 1 aromatic heterocycles. The SMILES string of the molecule is c1ccc(-c2ccc(N(c3ccc(-c4ccc5c(c4)c4cc(-c6ccccc6)ccc4n5-c4ccc5c(c4)C4(c6ccccc6-c6ccccc64)c4ccccc4-5)cc3)c3ccc4c(c3)C3(c5ccccc5-c5ccccc53)c3ccccc3-4)cc2)cc1.